The highest BCUT2D eigenvalue weighted by Gasteiger charge is 2.24. The summed E-state index contributed by atoms with van der Waals surface area (Å²) in [6, 6.07) is 4.04. The molecular weight excluding hydrogens is 265 g/mol. The van der Waals surface area contributed by atoms with Crippen molar-refractivity contribution < 1.29 is 4.74 Å². The van der Waals surface area contributed by atoms with Crippen LogP contribution < -0.4 is 10.5 Å². The zero-order chi connectivity index (χ0) is 10.1. The Hall–Kier alpha value is -0.250. The second-order valence-corrected chi connectivity index (χ2v) is 4.35. The first-order valence-electron chi connectivity index (χ1n) is 4.48. The molecule has 0 spiro atoms. The van der Waals surface area contributed by atoms with E-state index >= 15 is 0 Å². The van der Waals surface area contributed by atoms with Gasteiger partial charge in [-0.25, -0.2) is 0 Å². The zero-order valence-corrected chi connectivity index (χ0v) is 9.94. The number of benzene rings is 1. The molecule has 0 bridgehead atoms. The molecule has 0 aliphatic carbocycles. The lowest BCUT2D eigenvalue weighted by atomic mass is 10.1. The van der Waals surface area contributed by atoms with Crippen LogP contribution in [-0.2, 0) is 11.8 Å². The van der Waals surface area contributed by atoms with Crippen LogP contribution in [0, 0.1) is 0 Å². The fourth-order valence-corrected chi connectivity index (χ4v) is 2.29. The SMILES string of the molecule is NCC1Cc2cc(CBr)cc(Cl)c2O1. The quantitative estimate of drug-likeness (QED) is 0.843. The van der Waals surface area contributed by atoms with Gasteiger partial charge in [0.15, 0.2) is 0 Å². The lowest BCUT2D eigenvalue weighted by Gasteiger charge is -2.07. The number of hydrogen-bond acceptors (Lipinski definition) is 2. The van der Waals surface area contributed by atoms with Gasteiger partial charge >= 0.3 is 0 Å². The molecule has 1 aromatic rings. The molecular formula is C10H11BrClNO. The van der Waals surface area contributed by atoms with Gasteiger partial charge in [-0.1, -0.05) is 33.6 Å². The third-order valence-corrected chi connectivity index (χ3v) is 3.26. The molecule has 1 atom stereocenters. The minimum Gasteiger partial charge on any atom is -0.487 e. The van der Waals surface area contributed by atoms with Crippen molar-refractivity contribution in [1.82, 2.24) is 0 Å². The van der Waals surface area contributed by atoms with Crippen molar-refractivity contribution in [3.63, 3.8) is 0 Å². The molecule has 2 N–H and O–H groups in total. The molecule has 0 fully saturated rings. The Morgan fingerprint density at radius 1 is 1.57 bits per heavy atom. The van der Waals surface area contributed by atoms with E-state index in [2.05, 4.69) is 22.0 Å². The predicted octanol–water partition coefficient (Wildman–Crippen LogP) is 2.50. The van der Waals surface area contributed by atoms with Gasteiger partial charge < -0.3 is 10.5 Å². The number of fused-ring (bicyclic) bond motifs is 1. The van der Waals surface area contributed by atoms with Crippen molar-refractivity contribution in [2.24, 2.45) is 5.73 Å². The van der Waals surface area contributed by atoms with E-state index in [-0.39, 0.29) is 6.10 Å². The summed E-state index contributed by atoms with van der Waals surface area (Å²) in [5.74, 6) is 0.812. The Balaban J connectivity index is 2.37. The zero-order valence-electron chi connectivity index (χ0n) is 7.59. The average molecular weight is 277 g/mol. The van der Waals surface area contributed by atoms with Crippen molar-refractivity contribution in [2.75, 3.05) is 6.54 Å². The number of rotatable bonds is 2. The van der Waals surface area contributed by atoms with Gasteiger partial charge in [-0.3, -0.25) is 0 Å². The fraction of sp³-hybridized carbons (Fsp3) is 0.400. The highest BCUT2D eigenvalue weighted by Crippen LogP contribution is 2.37. The Morgan fingerprint density at radius 3 is 3.00 bits per heavy atom. The van der Waals surface area contributed by atoms with Gasteiger partial charge in [0.1, 0.15) is 11.9 Å². The topological polar surface area (TPSA) is 35.2 Å². The van der Waals surface area contributed by atoms with Gasteiger partial charge in [-0.15, -0.1) is 0 Å². The van der Waals surface area contributed by atoms with E-state index in [1.54, 1.807) is 0 Å². The van der Waals surface area contributed by atoms with Crippen molar-refractivity contribution >= 4 is 27.5 Å². The summed E-state index contributed by atoms with van der Waals surface area (Å²) in [7, 11) is 0. The molecule has 0 saturated heterocycles. The molecule has 14 heavy (non-hydrogen) atoms. The largest absolute Gasteiger partial charge is 0.487 e. The Morgan fingerprint density at radius 2 is 2.36 bits per heavy atom. The van der Waals surface area contributed by atoms with Gasteiger partial charge in [0.25, 0.3) is 0 Å². The Labute approximate surface area is 96.5 Å². The third-order valence-electron chi connectivity index (χ3n) is 2.33. The molecule has 0 aromatic heterocycles. The molecule has 0 amide bonds. The molecule has 2 rings (SSSR count). The normalized spacial score (nSPS) is 19.2. The summed E-state index contributed by atoms with van der Waals surface area (Å²) >= 11 is 9.50. The van der Waals surface area contributed by atoms with E-state index in [4.69, 9.17) is 22.1 Å². The summed E-state index contributed by atoms with van der Waals surface area (Å²) in [4.78, 5) is 0. The molecule has 1 aromatic carbocycles. The van der Waals surface area contributed by atoms with Gasteiger partial charge in [0.2, 0.25) is 0 Å². The molecule has 1 aliphatic heterocycles. The first kappa shape index (κ1) is 10.3. The minimum atomic E-state index is 0.0908. The number of nitrogens with two attached hydrogens (primary N) is 1. The Kier molecular flexibility index (Phi) is 3.00. The van der Waals surface area contributed by atoms with Crippen LogP contribution in [0.3, 0.4) is 0 Å². The number of ether oxygens (including phenoxy) is 1. The van der Waals surface area contributed by atoms with Gasteiger partial charge in [0, 0.05) is 18.3 Å². The summed E-state index contributed by atoms with van der Waals surface area (Å²) < 4.78 is 5.61. The summed E-state index contributed by atoms with van der Waals surface area (Å²) in [6.07, 6.45) is 0.958. The molecule has 2 nitrogen and oxygen atoms in total. The van der Waals surface area contributed by atoms with Crippen LogP contribution in [-0.4, -0.2) is 12.6 Å². The monoisotopic (exact) mass is 275 g/mol. The minimum absolute atomic E-state index is 0.0908. The van der Waals surface area contributed by atoms with Crippen LogP contribution in [0.4, 0.5) is 0 Å². The standard InChI is InChI=1S/C10H11BrClNO/c11-4-6-1-7-3-8(5-13)14-10(7)9(12)2-6/h1-2,8H,3-5,13H2. The van der Waals surface area contributed by atoms with Gasteiger partial charge in [0.05, 0.1) is 5.02 Å². The van der Waals surface area contributed by atoms with E-state index < -0.39 is 0 Å². The maximum Gasteiger partial charge on any atom is 0.141 e. The van der Waals surface area contributed by atoms with Crippen molar-refractivity contribution in [1.29, 1.82) is 0 Å². The number of halogens is 2. The van der Waals surface area contributed by atoms with Crippen LogP contribution in [0.1, 0.15) is 11.1 Å². The molecule has 1 aliphatic rings. The maximum atomic E-state index is 6.09. The summed E-state index contributed by atoms with van der Waals surface area (Å²) in [5.41, 5.74) is 7.90. The van der Waals surface area contributed by atoms with E-state index in [0.29, 0.717) is 11.6 Å². The summed E-state index contributed by atoms with van der Waals surface area (Å²) in [6.45, 7) is 0.536. The number of hydrogen-bond donors (Lipinski definition) is 1. The van der Waals surface area contributed by atoms with Crippen LogP contribution in [0.25, 0.3) is 0 Å². The molecule has 1 heterocycles. The molecule has 1 unspecified atom stereocenters. The van der Waals surface area contributed by atoms with Crippen LogP contribution in [0.15, 0.2) is 12.1 Å². The lowest BCUT2D eigenvalue weighted by molar-refractivity contribution is 0.241. The van der Waals surface area contributed by atoms with Crippen LogP contribution in [0.5, 0.6) is 5.75 Å². The van der Waals surface area contributed by atoms with Crippen molar-refractivity contribution in [2.45, 2.75) is 17.9 Å². The maximum absolute atomic E-state index is 6.09. The second kappa shape index (κ2) is 4.09. The van der Waals surface area contributed by atoms with E-state index in [1.807, 2.05) is 6.07 Å². The van der Waals surface area contributed by atoms with Gasteiger partial charge in [-0.05, 0) is 17.2 Å². The first-order chi connectivity index (χ1) is 6.74. The molecule has 76 valence electrons. The average Bonchev–Trinajstić information content (AvgIpc) is 2.61. The third kappa shape index (κ3) is 1.76. The molecule has 0 saturated carbocycles. The second-order valence-electron chi connectivity index (χ2n) is 3.38. The van der Waals surface area contributed by atoms with Gasteiger partial charge in [-0.2, -0.15) is 0 Å². The van der Waals surface area contributed by atoms with Crippen molar-refractivity contribution in [3.05, 3.63) is 28.3 Å². The highest BCUT2D eigenvalue weighted by atomic mass is 79.9. The smallest absolute Gasteiger partial charge is 0.141 e. The fourth-order valence-electron chi connectivity index (χ4n) is 1.66. The lowest BCUT2D eigenvalue weighted by Crippen LogP contribution is -2.24. The highest BCUT2D eigenvalue weighted by molar-refractivity contribution is 9.08. The summed E-state index contributed by atoms with van der Waals surface area (Å²) in [5, 5.41) is 1.50. The van der Waals surface area contributed by atoms with E-state index in [1.165, 1.54) is 11.1 Å². The van der Waals surface area contributed by atoms with E-state index in [9.17, 15) is 0 Å². The number of alkyl halides is 1. The van der Waals surface area contributed by atoms with Crippen LogP contribution in [0.2, 0.25) is 5.02 Å². The molecule has 4 heteroatoms. The first-order valence-corrected chi connectivity index (χ1v) is 5.98. The van der Waals surface area contributed by atoms with Crippen molar-refractivity contribution in [3.8, 4) is 5.75 Å². The van der Waals surface area contributed by atoms with E-state index in [0.717, 1.165) is 17.5 Å². The van der Waals surface area contributed by atoms with Crippen LogP contribution >= 0.6 is 27.5 Å². The molecule has 0 radical (unpaired) electrons. The Bertz CT molecular complexity index is 356. The predicted molar refractivity (Wildman–Crippen MR) is 61.3 cm³/mol.